The molecule has 0 N–H and O–H groups in total. The highest BCUT2D eigenvalue weighted by molar-refractivity contribution is 5.78. The summed E-state index contributed by atoms with van der Waals surface area (Å²) in [6, 6.07) is 17.8. The average molecular weight is 336 g/mol. The molecule has 0 saturated carbocycles. The Bertz CT molecular complexity index is 720. The van der Waals surface area contributed by atoms with Crippen molar-refractivity contribution in [3.63, 3.8) is 0 Å². The summed E-state index contributed by atoms with van der Waals surface area (Å²) in [4.78, 5) is 16.4. The molecule has 0 bridgehead atoms. The summed E-state index contributed by atoms with van der Waals surface area (Å²) in [7, 11) is 0. The van der Waals surface area contributed by atoms with Crippen LogP contribution in [0.4, 0.5) is 0 Å². The molecule has 2 aromatic carbocycles. The van der Waals surface area contributed by atoms with Crippen molar-refractivity contribution in [2.45, 2.75) is 13.0 Å². The summed E-state index contributed by atoms with van der Waals surface area (Å²) >= 11 is 0. The van der Waals surface area contributed by atoms with E-state index in [4.69, 9.17) is 4.74 Å². The second-order valence-corrected chi connectivity index (χ2v) is 6.69. The van der Waals surface area contributed by atoms with Crippen LogP contribution in [0.5, 0.6) is 0 Å². The fourth-order valence-electron chi connectivity index (χ4n) is 4.09. The van der Waals surface area contributed by atoms with Crippen LogP contribution in [0.2, 0.25) is 0 Å². The Morgan fingerprint density at radius 2 is 1.52 bits per heavy atom. The van der Waals surface area contributed by atoms with Gasteiger partial charge in [0.25, 0.3) is 0 Å². The molecule has 130 valence electrons. The number of benzene rings is 2. The first kappa shape index (κ1) is 16.3. The number of fused-ring (bicyclic) bond motifs is 3. The zero-order valence-electron chi connectivity index (χ0n) is 14.6. The molecule has 25 heavy (non-hydrogen) atoms. The fourth-order valence-corrected chi connectivity index (χ4v) is 4.09. The van der Waals surface area contributed by atoms with Crippen LogP contribution in [0.3, 0.4) is 0 Å². The lowest BCUT2D eigenvalue weighted by Crippen LogP contribution is -2.49. The van der Waals surface area contributed by atoms with Crippen molar-refractivity contribution in [2.75, 3.05) is 39.3 Å². The summed E-state index contributed by atoms with van der Waals surface area (Å²) in [5.74, 6) is -0.118. The Hall–Kier alpha value is -2.17. The molecule has 0 amide bonds. The zero-order chi connectivity index (χ0) is 17.2. The third kappa shape index (κ3) is 3.08. The van der Waals surface area contributed by atoms with E-state index in [0.717, 1.165) is 26.2 Å². The van der Waals surface area contributed by atoms with Crippen LogP contribution in [-0.4, -0.2) is 55.1 Å². The van der Waals surface area contributed by atoms with Gasteiger partial charge in [-0.3, -0.25) is 14.6 Å². The molecule has 1 fully saturated rings. The highest BCUT2D eigenvalue weighted by Gasteiger charge is 2.34. The number of nitrogens with zero attached hydrogens (tertiary/aromatic N) is 2. The van der Waals surface area contributed by atoms with Gasteiger partial charge in [-0.2, -0.15) is 0 Å². The predicted octanol–water partition coefficient (Wildman–Crippen LogP) is 2.94. The normalized spacial score (nSPS) is 18.0. The number of hydrogen-bond donors (Lipinski definition) is 0. The van der Waals surface area contributed by atoms with E-state index in [1.807, 2.05) is 6.92 Å². The van der Waals surface area contributed by atoms with Crippen molar-refractivity contribution >= 4 is 5.97 Å². The maximum atomic E-state index is 11.7. The van der Waals surface area contributed by atoms with Gasteiger partial charge in [-0.05, 0) is 29.2 Å². The highest BCUT2D eigenvalue weighted by atomic mass is 16.5. The topological polar surface area (TPSA) is 32.8 Å². The Labute approximate surface area is 149 Å². The standard InChI is InChI=1S/C21H24N2O2/c1-2-25-20(24)15-22-11-13-23(14-12-22)21-18-9-5-3-7-16(18)17-8-4-6-10-19(17)21/h3-10,21H,2,11-15H2,1H3. The molecule has 0 radical (unpaired) electrons. The summed E-state index contributed by atoms with van der Waals surface area (Å²) in [5, 5.41) is 0. The fraction of sp³-hybridized carbons (Fsp3) is 0.381. The molecule has 0 atom stereocenters. The van der Waals surface area contributed by atoms with Gasteiger partial charge < -0.3 is 4.74 Å². The van der Waals surface area contributed by atoms with E-state index in [2.05, 4.69) is 58.3 Å². The molecular formula is C21H24N2O2. The molecule has 0 aromatic heterocycles. The van der Waals surface area contributed by atoms with Crippen LogP contribution in [0, 0.1) is 0 Å². The molecule has 1 saturated heterocycles. The minimum absolute atomic E-state index is 0.118. The number of piperazine rings is 1. The third-order valence-corrected chi connectivity index (χ3v) is 5.23. The van der Waals surface area contributed by atoms with E-state index in [-0.39, 0.29) is 5.97 Å². The van der Waals surface area contributed by atoms with Gasteiger partial charge in [0.15, 0.2) is 0 Å². The second kappa shape index (κ2) is 6.98. The van der Waals surface area contributed by atoms with E-state index in [0.29, 0.717) is 19.2 Å². The van der Waals surface area contributed by atoms with Gasteiger partial charge in [-0.25, -0.2) is 0 Å². The van der Waals surface area contributed by atoms with Crippen LogP contribution >= 0.6 is 0 Å². The van der Waals surface area contributed by atoms with Gasteiger partial charge in [0.1, 0.15) is 0 Å². The van der Waals surface area contributed by atoms with Crippen LogP contribution in [0.1, 0.15) is 24.1 Å². The number of esters is 1. The SMILES string of the molecule is CCOC(=O)CN1CCN(C2c3ccccc3-c3ccccc32)CC1. The van der Waals surface area contributed by atoms with Crippen LogP contribution in [0.15, 0.2) is 48.5 Å². The first-order valence-electron chi connectivity index (χ1n) is 9.08. The lowest BCUT2D eigenvalue weighted by molar-refractivity contribution is -0.144. The van der Waals surface area contributed by atoms with Crippen LogP contribution in [0.25, 0.3) is 11.1 Å². The smallest absolute Gasteiger partial charge is 0.320 e. The van der Waals surface area contributed by atoms with Gasteiger partial charge in [0.2, 0.25) is 0 Å². The van der Waals surface area contributed by atoms with Crippen molar-refractivity contribution < 1.29 is 9.53 Å². The Balaban J connectivity index is 1.51. The predicted molar refractivity (Wildman–Crippen MR) is 98.4 cm³/mol. The van der Waals surface area contributed by atoms with Crippen molar-refractivity contribution in [3.8, 4) is 11.1 Å². The second-order valence-electron chi connectivity index (χ2n) is 6.69. The van der Waals surface area contributed by atoms with E-state index in [1.54, 1.807) is 0 Å². The summed E-state index contributed by atoms with van der Waals surface area (Å²) in [6.07, 6.45) is 0. The van der Waals surface area contributed by atoms with Crippen LogP contribution in [-0.2, 0) is 9.53 Å². The molecule has 2 aliphatic rings. The van der Waals surface area contributed by atoms with E-state index >= 15 is 0 Å². The first-order valence-corrected chi connectivity index (χ1v) is 9.08. The summed E-state index contributed by atoms with van der Waals surface area (Å²) in [6.45, 7) is 6.44. The number of ether oxygens (including phenoxy) is 1. The van der Waals surface area contributed by atoms with E-state index < -0.39 is 0 Å². The van der Waals surface area contributed by atoms with Gasteiger partial charge >= 0.3 is 5.97 Å². The Morgan fingerprint density at radius 1 is 0.960 bits per heavy atom. The van der Waals surface area contributed by atoms with Crippen LogP contribution < -0.4 is 0 Å². The number of rotatable bonds is 4. The molecule has 4 heteroatoms. The van der Waals surface area contributed by atoms with Crippen molar-refractivity contribution in [1.82, 2.24) is 9.80 Å². The van der Waals surface area contributed by atoms with E-state index in [9.17, 15) is 4.79 Å². The molecule has 0 unspecified atom stereocenters. The molecule has 1 aliphatic carbocycles. The molecule has 2 aromatic rings. The van der Waals surface area contributed by atoms with Gasteiger partial charge in [-0.15, -0.1) is 0 Å². The maximum absolute atomic E-state index is 11.7. The van der Waals surface area contributed by atoms with Gasteiger partial charge in [0.05, 0.1) is 19.2 Å². The quantitative estimate of drug-likeness (QED) is 0.804. The number of carbonyl (C=O) groups excluding carboxylic acids is 1. The van der Waals surface area contributed by atoms with E-state index in [1.165, 1.54) is 22.3 Å². The maximum Gasteiger partial charge on any atom is 0.320 e. The molecule has 1 heterocycles. The Kier molecular flexibility index (Phi) is 4.55. The lowest BCUT2D eigenvalue weighted by Gasteiger charge is -2.38. The summed E-state index contributed by atoms with van der Waals surface area (Å²) in [5.41, 5.74) is 5.53. The minimum atomic E-state index is -0.118. The first-order chi connectivity index (χ1) is 12.3. The Morgan fingerprint density at radius 3 is 2.08 bits per heavy atom. The summed E-state index contributed by atoms with van der Waals surface area (Å²) < 4.78 is 5.07. The molecule has 4 rings (SSSR count). The van der Waals surface area contributed by atoms with Crippen molar-refractivity contribution in [1.29, 1.82) is 0 Å². The molecular weight excluding hydrogens is 312 g/mol. The highest BCUT2D eigenvalue weighted by Crippen LogP contribution is 2.46. The lowest BCUT2D eigenvalue weighted by atomic mass is 10.0. The van der Waals surface area contributed by atoms with Gasteiger partial charge in [0, 0.05) is 26.2 Å². The van der Waals surface area contributed by atoms with Crippen molar-refractivity contribution in [2.24, 2.45) is 0 Å². The average Bonchev–Trinajstić information content (AvgIpc) is 2.97. The number of carbonyl (C=O) groups is 1. The molecule has 4 nitrogen and oxygen atoms in total. The largest absolute Gasteiger partial charge is 0.465 e. The third-order valence-electron chi connectivity index (χ3n) is 5.23. The zero-order valence-corrected chi connectivity index (χ0v) is 14.6. The minimum Gasteiger partial charge on any atom is -0.465 e. The van der Waals surface area contributed by atoms with Gasteiger partial charge in [-0.1, -0.05) is 48.5 Å². The van der Waals surface area contributed by atoms with Crippen molar-refractivity contribution in [3.05, 3.63) is 59.7 Å². The molecule has 1 aliphatic heterocycles. The monoisotopic (exact) mass is 336 g/mol. The molecule has 0 spiro atoms. The number of hydrogen-bond acceptors (Lipinski definition) is 4.